The summed E-state index contributed by atoms with van der Waals surface area (Å²) >= 11 is 0. The summed E-state index contributed by atoms with van der Waals surface area (Å²) < 4.78 is 6.15. The van der Waals surface area contributed by atoms with E-state index in [0.29, 0.717) is 17.9 Å². The second kappa shape index (κ2) is 6.95. The maximum Gasteiger partial charge on any atom is 0.238 e. The zero-order valence-electron chi connectivity index (χ0n) is 16.0. The molecule has 28 heavy (non-hydrogen) atoms. The van der Waals surface area contributed by atoms with Crippen LogP contribution in [0, 0.1) is 12.8 Å². The third kappa shape index (κ3) is 3.03. The fourth-order valence-corrected chi connectivity index (χ4v) is 4.31. The summed E-state index contributed by atoms with van der Waals surface area (Å²) in [7, 11) is 0. The van der Waals surface area contributed by atoms with Crippen LogP contribution in [0.25, 0.3) is 0 Å². The van der Waals surface area contributed by atoms with Gasteiger partial charge in [-0.3, -0.25) is 9.59 Å². The van der Waals surface area contributed by atoms with Crippen molar-refractivity contribution in [2.75, 3.05) is 18.5 Å². The van der Waals surface area contributed by atoms with Crippen LogP contribution >= 0.6 is 0 Å². The van der Waals surface area contributed by atoms with E-state index in [-0.39, 0.29) is 30.9 Å². The van der Waals surface area contributed by atoms with Crippen molar-refractivity contribution in [1.82, 2.24) is 4.90 Å². The van der Waals surface area contributed by atoms with E-state index in [1.165, 1.54) is 4.90 Å². The average molecular weight is 380 g/mol. The number of carbonyl (C=O) groups excluding carboxylic acids is 2. The summed E-state index contributed by atoms with van der Waals surface area (Å²) in [4.78, 5) is 28.0. The van der Waals surface area contributed by atoms with Gasteiger partial charge in [0, 0.05) is 24.6 Å². The molecular weight excluding hydrogens is 356 g/mol. The molecule has 2 aromatic rings. The number of amides is 2. The average Bonchev–Trinajstić information content (AvgIpc) is 2.67. The third-order valence-corrected chi connectivity index (χ3v) is 5.68. The van der Waals surface area contributed by atoms with Crippen LogP contribution in [0.15, 0.2) is 48.5 Å². The zero-order valence-corrected chi connectivity index (χ0v) is 16.0. The van der Waals surface area contributed by atoms with Gasteiger partial charge in [-0.25, -0.2) is 0 Å². The molecule has 0 aromatic heterocycles. The van der Waals surface area contributed by atoms with Gasteiger partial charge in [0.05, 0.1) is 6.61 Å². The summed E-state index contributed by atoms with van der Waals surface area (Å²) in [6.45, 7) is 3.75. The maximum absolute atomic E-state index is 13.3. The van der Waals surface area contributed by atoms with E-state index in [1.54, 1.807) is 0 Å². The molecule has 3 atom stereocenters. The van der Waals surface area contributed by atoms with E-state index in [2.05, 4.69) is 5.32 Å². The topological polar surface area (TPSA) is 78.9 Å². The molecular formula is C22H24N2O4. The van der Waals surface area contributed by atoms with Crippen LogP contribution in [-0.2, 0) is 9.59 Å². The zero-order chi connectivity index (χ0) is 19.9. The van der Waals surface area contributed by atoms with Gasteiger partial charge in [-0.1, -0.05) is 35.9 Å². The summed E-state index contributed by atoms with van der Waals surface area (Å²) in [5.41, 5.74) is 1.75. The normalized spacial score (nSPS) is 25.7. The van der Waals surface area contributed by atoms with Gasteiger partial charge in [0.15, 0.2) is 5.72 Å². The fourth-order valence-electron chi connectivity index (χ4n) is 4.31. The Labute approximate surface area is 164 Å². The summed E-state index contributed by atoms with van der Waals surface area (Å²) in [5, 5.41) is 12.4. The first kappa shape index (κ1) is 18.5. The summed E-state index contributed by atoms with van der Waals surface area (Å²) in [5.74, 6) is -1.11. The Morgan fingerprint density at radius 1 is 1.25 bits per heavy atom. The van der Waals surface area contributed by atoms with Crippen molar-refractivity contribution >= 4 is 17.5 Å². The van der Waals surface area contributed by atoms with Gasteiger partial charge in [0.1, 0.15) is 11.7 Å². The summed E-state index contributed by atoms with van der Waals surface area (Å²) in [6.07, 6.45) is 0.502. The molecule has 4 rings (SSSR count). The van der Waals surface area contributed by atoms with Gasteiger partial charge in [-0.05, 0) is 37.6 Å². The molecule has 1 saturated heterocycles. The lowest BCUT2D eigenvalue weighted by Gasteiger charge is -2.52. The fraction of sp³-hybridized carbons (Fsp3) is 0.364. The number of rotatable bonds is 4. The molecule has 0 aliphatic carbocycles. The first-order chi connectivity index (χ1) is 13.4. The Hall–Kier alpha value is -2.86. The van der Waals surface area contributed by atoms with Gasteiger partial charge in [0.2, 0.25) is 11.8 Å². The van der Waals surface area contributed by atoms with E-state index in [9.17, 15) is 14.7 Å². The van der Waals surface area contributed by atoms with Crippen LogP contribution in [0.4, 0.5) is 5.69 Å². The highest BCUT2D eigenvalue weighted by Crippen LogP contribution is 2.50. The van der Waals surface area contributed by atoms with Crippen molar-refractivity contribution in [1.29, 1.82) is 0 Å². The minimum atomic E-state index is -0.876. The number of anilines is 1. The minimum Gasteiger partial charge on any atom is -0.468 e. The van der Waals surface area contributed by atoms with Crippen molar-refractivity contribution in [3.63, 3.8) is 0 Å². The third-order valence-electron chi connectivity index (χ3n) is 5.68. The second-order valence-corrected chi connectivity index (χ2v) is 7.67. The molecule has 2 unspecified atom stereocenters. The molecule has 2 aliphatic rings. The number of ether oxygens (including phenoxy) is 1. The number of β-amino-alcohol motifs (C(OH)–C–C–N with tert-alkyl or cyclic N) is 1. The van der Waals surface area contributed by atoms with Gasteiger partial charge < -0.3 is 20.1 Å². The molecule has 2 N–H and O–H groups in total. The highest BCUT2D eigenvalue weighted by atomic mass is 16.5. The van der Waals surface area contributed by atoms with Crippen LogP contribution in [0.5, 0.6) is 5.75 Å². The molecule has 6 heteroatoms. The van der Waals surface area contributed by atoms with Crippen LogP contribution in [0.3, 0.4) is 0 Å². The predicted molar refractivity (Wildman–Crippen MR) is 105 cm³/mol. The van der Waals surface area contributed by atoms with Crippen molar-refractivity contribution < 1.29 is 19.4 Å². The molecule has 1 fully saturated rings. The molecule has 2 amide bonds. The molecule has 6 nitrogen and oxygen atoms in total. The first-order valence-electron chi connectivity index (χ1n) is 9.51. The molecule has 2 bridgehead atoms. The number of likely N-dealkylation sites (tertiary alicyclic amines) is 1. The Balaban J connectivity index is 1.72. The summed E-state index contributed by atoms with van der Waals surface area (Å²) in [6, 6.07) is 15.0. The van der Waals surface area contributed by atoms with Crippen LogP contribution < -0.4 is 10.1 Å². The number of fused-ring (bicyclic) bond motifs is 4. The quantitative estimate of drug-likeness (QED) is 0.800. The number of aryl methyl sites for hydroxylation is 1. The Morgan fingerprint density at radius 3 is 2.68 bits per heavy atom. The van der Waals surface area contributed by atoms with Crippen molar-refractivity contribution in [3.8, 4) is 5.75 Å². The number of aliphatic hydroxyl groups is 1. The van der Waals surface area contributed by atoms with Crippen LogP contribution in [0.1, 0.15) is 30.4 Å². The van der Waals surface area contributed by atoms with Crippen molar-refractivity contribution in [2.45, 2.75) is 31.9 Å². The number of nitrogens with zero attached hydrogens (tertiary/aromatic N) is 1. The lowest BCUT2D eigenvalue weighted by atomic mass is 9.73. The lowest BCUT2D eigenvalue weighted by molar-refractivity contribution is -0.176. The molecule has 0 spiro atoms. The Kier molecular flexibility index (Phi) is 4.59. The number of aliphatic hydroxyl groups excluding tert-OH is 1. The van der Waals surface area contributed by atoms with Gasteiger partial charge in [-0.2, -0.15) is 0 Å². The first-order valence-corrected chi connectivity index (χ1v) is 9.51. The molecule has 2 heterocycles. The number of carbonyl (C=O) groups is 2. The number of benzene rings is 2. The van der Waals surface area contributed by atoms with Gasteiger partial charge >= 0.3 is 0 Å². The second-order valence-electron chi connectivity index (χ2n) is 7.67. The largest absolute Gasteiger partial charge is 0.468 e. The standard InChI is InChI=1S/C22H24N2O4/c1-14-7-9-15(10-8-14)23-20(26)19-17-13-22(2,24(11-12-25)21(19)27)28-18-6-4-3-5-16(17)18/h3-10,17,19,25H,11-13H2,1-2H3,(H,23,26)/t17?,19?,22-/m1/s1. The van der Waals surface area contributed by atoms with E-state index in [0.717, 1.165) is 11.1 Å². The number of hydrogen-bond donors (Lipinski definition) is 2. The van der Waals surface area contributed by atoms with Crippen LogP contribution in [0.2, 0.25) is 0 Å². The number of piperidine rings is 1. The molecule has 0 radical (unpaired) electrons. The van der Waals surface area contributed by atoms with Crippen LogP contribution in [-0.4, -0.2) is 40.7 Å². The number of hydrogen-bond acceptors (Lipinski definition) is 4. The maximum atomic E-state index is 13.3. The number of nitrogens with one attached hydrogen (secondary N) is 1. The van der Waals surface area contributed by atoms with E-state index in [4.69, 9.17) is 4.74 Å². The number of para-hydroxylation sites is 1. The highest BCUT2D eigenvalue weighted by Gasteiger charge is 2.55. The van der Waals surface area contributed by atoms with Crippen molar-refractivity contribution in [2.24, 2.45) is 5.92 Å². The Bertz CT molecular complexity index is 911. The molecule has 2 aromatic carbocycles. The molecule has 146 valence electrons. The monoisotopic (exact) mass is 380 g/mol. The van der Waals surface area contributed by atoms with Gasteiger partial charge in [0.25, 0.3) is 0 Å². The smallest absolute Gasteiger partial charge is 0.238 e. The minimum absolute atomic E-state index is 0.124. The van der Waals surface area contributed by atoms with E-state index < -0.39 is 11.6 Å². The molecule has 0 saturated carbocycles. The Morgan fingerprint density at radius 2 is 1.96 bits per heavy atom. The lowest BCUT2D eigenvalue weighted by Crippen LogP contribution is -2.64. The molecule has 2 aliphatic heterocycles. The van der Waals surface area contributed by atoms with Gasteiger partial charge in [-0.15, -0.1) is 0 Å². The van der Waals surface area contributed by atoms with E-state index >= 15 is 0 Å². The van der Waals surface area contributed by atoms with Crippen molar-refractivity contribution in [3.05, 3.63) is 59.7 Å². The predicted octanol–water partition coefficient (Wildman–Crippen LogP) is 2.67. The highest BCUT2D eigenvalue weighted by molar-refractivity contribution is 6.08. The SMILES string of the molecule is Cc1ccc(NC(=O)C2C(=O)N(CCO)[C@@]3(C)CC2c2ccccc2O3)cc1. The van der Waals surface area contributed by atoms with E-state index in [1.807, 2.05) is 62.4 Å².